The Hall–Kier alpha value is -4.04. The molecule has 9 heteroatoms. The number of carboxylic acid groups (broad SMARTS) is 1. The predicted molar refractivity (Wildman–Crippen MR) is 159 cm³/mol. The third-order valence-corrected chi connectivity index (χ3v) is 8.11. The molecule has 2 atom stereocenters. The van der Waals surface area contributed by atoms with Crippen molar-refractivity contribution in [2.45, 2.75) is 64.1 Å². The minimum absolute atomic E-state index is 0.280. The summed E-state index contributed by atoms with van der Waals surface area (Å²) in [6, 6.07) is 22.4. The lowest BCUT2D eigenvalue weighted by atomic mass is 10.0. The third kappa shape index (κ3) is 6.07. The summed E-state index contributed by atoms with van der Waals surface area (Å²) in [5.41, 5.74) is 4.30. The number of nitrogens with one attached hydrogen (secondary N) is 2. The van der Waals surface area contributed by atoms with Crippen LogP contribution in [-0.2, 0) is 13.0 Å². The van der Waals surface area contributed by atoms with Crippen LogP contribution < -0.4 is 15.5 Å². The first-order chi connectivity index (χ1) is 19.4. The van der Waals surface area contributed by atoms with Crippen LogP contribution >= 0.6 is 11.6 Å². The van der Waals surface area contributed by atoms with Crippen molar-refractivity contribution in [3.63, 3.8) is 0 Å². The van der Waals surface area contributed by atoms with E-state index in [1.54, 1.807) is 18.2 Å². The quantitative estimate of drug-likeness (QED) is 0.238. The molecule has 2 bridgehead atoms. The predicted octanol–water partition coefficient (Wildman–Crippen LogP) is 7.31. The van der Waals surface area contributed by atoms with Crippen LogP contribution in [0.2, 0.25) is 5.02 Å². The Morgan fingerprint density at radius 1 is 1.00 bits per heavy atom. The topological polar surface area (TPSA) is 99.5 Å². The first-order valence-corrected chi connectivity index (χ1v) is 14.2. The second-order valence-electron chi connectivity index (χ2n) is 10.2. The van der Waals surface area contributed by atoms with E-state index in [0.717, 1.165) is 22.4 Å². The van der Waals surface area contributed by atoms with Gasteiger partial charge in [-0.25, -0.2) is 9.59 Å². The van der Waals surface area contributed by atoms with Crippen LogP contribution in [0.3, 0.4) is 0 Å². The summed E-state index contributed by atoms with van der Waals surface area (Å²) in [6.45, 7) is 2.44. The number of hydrogen-bond donors (Lipinski definition) is 3. The van der Waals surface area contributed by atoms with Gasteiger partial charge in [0.2, 0.25) is 0 Å². The van der Waals surface area contributed by atoms with Crippen molar-refractivity contribution in [3.8, 4) is 0 Å². The van der Waals surface area contributed by atoms with Gasteiger partial charge in [-0.3, -0.25) is 0 Å². The molecule has 2 unspecified atom stereocenters. The fourth-order valence-corrected chi connectivity index (χ4v) is 5.99. The molecule has 0 saturated carbocycles. The van der Waals surface area contributed by atoms with E-state index in [-0.39, 0.29) is 6.54 Å². The molecule has 1 aromatic heterocycles. The van der Waals surface area contributed by atoms with E-state index in [1.807, 2.05) is 18.2 Å². The zero-order chi connectivity index (χ0) is 28.1. The number of halogens is 1. The van der Waals surface area contributed by atoms with E-state index < -0.39 is 12.1 Å². The summed E-state index contributed by atoms with van der Waals surface area (Å²) in [4.78, 5) is 26.2. The normalized spacial score (nSPS) is 17.7. The van der Waals surface area contributed by atoms with Gasteiger partial charge >= 0.3 is 12.1 Å². The molecule has 3 N–H and O–H groups in total. The molecule has 0 aliphatic carbocycles. The van der Waals surface area contributed by atoms with Crippen molar-refractivity contribution in [1.29, 1.82) is 0 Å². The summed E-state index contributed by atoms with van der Waals surface area (Å²) in [5, 5.41) is 19.8. The average Bonchev–Trinajstić information content (AvgIpc) is 3.51. The van der Waals surface area contributed by atoms with Gasteiger partial charge in [0.1, 0.15) is 0 Å². The molecule has 3 heterocycles. The van der Waals surface area contributed by atoms with Crippen molar-refractivity contribution < 1.29 is 14.7 Å². The second-order valence-corrected chi connectivity index (χ2v) is 10.6. The van der Waals surface area contributed by atoms with Gasteiger partial charge in [0.15, 0.2) is 0 Å². The zero-order valence-electron chi connectivity index (χ0n) is 22.5. The molecule has 2 aliphatic heterocycles. The maximum Gasteiger partial charge on any atom is 0.432 e. The van der Waals surface area contributed by atoms with Crippen LogP contribution in [0.15, 0.2) is 72.9 Å². The van der Waals surface area contributed by atoms with Crippen LogP contribution in [0.1, 0.15) is 50.2 Å². The number of rotatable bonds is 5. The maximum atomic E-state index is 12.5. The minimum atomic E-state index is -1.18. The Morgan fingerprint density at radius 2 is 1.75 bits per heavy atom. The van der Waals surface area contributed by atoms with Crippen LogP contribution in [0, 0.1) is 0 Å². The van der Waals surface area contributed by atoms with Gasteiger partial charge in [0.25, 0.3) is 0 Å². The molecule has 2 fully saturated rings. The van der Waals surface area contributed by atoms with Crippen molar-refractivity contribution in [3.05, 3.63) is 89.1 Å². The fraction of sp³-hybridized carbons (Fsp3) is 0.323. The highest BCUT2D eigenvalue weighted by Gasteiger charge is 2.36. The van der Waals surface area contributed by atoms with E-state index in [2.05, 4.69) is 57.9 Å². The van der Waals surface area contributed by atoms with Gasteiger partial charge in [-0.05, 0) is 73.9 Å². The molecule has 40 heavy (non-hydrogen) atoms. The van der Waals surface area contributed by atoms with Crippen LogP contribution in [0.4, 0.5) is 21.0 Å². The molecular formula is C31H34ClN5O3. The molecule has 0 radical (unpaired) electrons. The molecule has 8 nitrogen and oxygen atoms in total. The van der Waals surface area contributed by atoms with Gasteiger partial charge in [0.05, 0.1) is 17.4 Å². The van der Waals surface area contributed by atoms with Gasteiger partial charge in [-0.2, -0.15) is 9.78 Å². The number of nitrogens with zero attached hydrogens (tertiary/aromatic N) is 3. The van der Waals surface area contributed by atoms with Crippen molar-refractivity contribution in [1.82, 2.24) is 15.1 Å². The SMILES string of the molecule is CCc1ccccc1.O=C(NCc1ccc(N2C3CCCC2CC3)cc1Cl)Nc1cccc2c1cnn2C(=O)O. The van der Waals surface area contributed by atoms with Crippen molar-refractivity contribution in [2.24, 2.45) is 0 Å². The second kappa shape index (κ2) is 12.4. The zero-order valence-corrected chi connectivity index (χ0v) is 23.3. The number of amides is 2. The molecule has 208 valence electrons. The number of fused-ring (bicyclic) bond motifs is 3. The molecule has 6 rings (SSSR count). The summed E-state index contributed by atoms with van der Waals surface area (Å²) in [5.74, 6) is 0. The molecule has 2 amide bonds. The largest absolute Gasteiger partial charge is 0.463 e. The highest BCUT2D eigenvalue weighted by atomic mass is 35.5. The van der Waals surface area contributed by atoms with E-state index in [4.69, 9.17) is 11.6 Å². The van der Waals surface area contributed by atoms with Crippen molar-refractivity contribution in [2.75, 3.05) is 10.2 Å². The lowest BCUT2D eigenvalue weighted by Crippen LogP contribution is -2.39. The Labute approximate surface area is 238 Å². The molecule has 4 aromatic rings. The molecular weight excluding hydrogens is 526 g/mol. The molecule has 0 spiro atoms. The number of carbonyl (C=O) groups is 2. The number of carbonyl (C=O) groups excluding carboxylic acids is 1. The number of hydrogen-bond acceptors (Lipinski definition) is 4. The fourth-order valence-electron chi connectivity index (χ4n) is 5.75. The lowest BCUT2D eigenvalue weighted by molar-refractivity contribution is 0.194. The van der Waals surface area contributed by atoms with E-state index in [1.165, 1.54) is 43.9 Å². The molecule has 3 aromatic carbocycles. The number of benzene rings is 3. The Morgan fingerprint density at radius 3 is 2.40 bits per heavy atom. The maximum absolute atomic E-state index is 12.5. The monoisotopic (exact) mass is 559 g/mol. The van der Waals surface area contributed by atoms with Crippen molar-refractivity contribution >= 4 is 46.0 Å². The number of piperidine rings is 1. The first-order valence-electron chi connectivity index (χ1n) is 13.8. The summed E-state index contributed by atoms with van der Waals surface area (Å²) >= 11 is 6.55. The number of aromatic nitrogens is 2. The molecule has 2 saturated heterocycles. The molecule has 2 aliphatic rings. The highest BCUT2D eigenvalue weighted by molar-refractivity contribution is 6.31. The van der Waals surface area contributed by atoms with Crippen LogP contribution in [-0.4, -0.2) is 39.1 Å². The highest BCUT2D eigenvalue weighted by Crippen LogP contribution is 2.40. The van der Waals surface area contributed by atoms with Gasteiger partial charge in [-0.1, -0.05) is 61.0 Å². The number of anilines is 2. The number of urea groups is 1. The Kier molecular flexibility index (Phi) is 8.55. The van der Waals surface area contributed by atoms with Gasteiger partial charge in [-0.15, -0.1) is 0 Å². The van der Waals surface area contributed by atoms with Crippen LogP contribution in [0.25, 0.3) is 10.9 Å². The van der Waals surface area contributed by atoms with E-state index in [9.17, 15) is 14.7 Å². The summed E-state index contributed by atoms with van der Waals surface area (Å²) in [7, 11) is 0. The summed E-state index contributed by atoms with van der Waals surface area (Å²) < 4.78 is 0.869. The Balaban J connectivity index is 0.000000348. The smallest absolute Gasteiger partial charge is 0.432 e. The summed E-state index contributed by atoms with van der Waals surface area (Å²) in [6.07, 6.45) is 7.68. The van der Waals surface area contributed by atoms with Gasteiger partial charge in [0, 0.05) is 34.7 Å². The lowest BCUT2D eigenvalue weighted by Gasteiger charge is -2.37. The van der Waals surface area contributed by atoms with E-state index in [0.29, 0.717) is 33.7 Å². The van der Waals surface area contributed by atoms with Crippen LogP contribution in [0.5, 0.6) is 0 Å². The third-order valence-electron chi connectivity index (χ3n) is 7.76. The standard InChI is InChI=1S/C23H24ClN5O3.C8H10/c24-19-11-17(28-15-3-1-4-16(28)10-9-15)8-7-14(19)12-25-22(30)27-20-5-2-6-21-18(20)13-26-29(21)23(31)32;1-2-8-6-4-3-5-7-8/h2,5-8,11,13,15-16H,1,3-4,9-10,12H2,(H,31,32)(H2,25,27,30);3-7H,2H2,1H3. The first kappa shape index (κ1) is 27.5. The number of aryl methyl sites for hydroxylation is 1. The average molecular weight is 560 g/mol. The van der Waals surface area contributed by atoms with E-state index >= 15 is 0 Å². The minimum Gasteiger partial charge on any atom is -0.463 e. The van der Waals surface area contributed by atoms with Gasteiger partial charge < -0.3 is 20.6 Å². The Bertz CT molecular complexity index is 1470.